The summed E-state index contributed by atoms with van der Waals surface area (Å²) >= 11 is 0. The molecule has 0 bridgehead atoms. The fourth-order valence-electron chi connectivity index (χ4n) is 1.91. The van der Waals surface area contributed by atoms with Gasteiger partial charge in [-0.25, -0.2) is 4.98 Å². The minimum atomic E-state index is -4.35. The molecule has 0 saturated heterocycles. The molecule has 0 fully saturated rings. The first kappa shape index (κ1) is 11.7. The van der Waals surface area contributed by atoms with Crippen molar-refractivity contribution < 1.29 is 13.2 Å². The van der Waals surface area contributed by atoms with Crippen LogP contribution in [0.1, 0.15) is 5.56 Å². The molecule has 0 radical (unpaired) electrons. The van der Waals surface area contributed by atoms with Crippen molar-refractivity contribution in [2.45, 2.75) is 6.18 Å². The van der Waals surface area contributed by atoms with E-state index in [-0.39, 0.29) is 0 Å². The average molecular weight is 263 g/mol. The van der Waals surface area contributed by atoms with Gasteiger partial charge >= 0.3 is 6.18 Å². The van der Waals surface area contributed by atoms with Crippen LogP contribution < -0.4 is 0 Å². The van der Waals surface area contributed by atoms with Gasteiger partial charge < -0.3 is 0 Å². The van der Waals surface area contributed by atoms with Gasteiger partial charge in [-0.3, -0.25) is 9.38 Å². The van der Waals surface area contributed by atoms with Crippen LogP contribution in [0.25, 0.3) is 16.9 Å². The molecule has 0 aliphatic heterocycles. The molecule has 3 rings (SSSR count). The zero-order chi connectivity index (χ0) is 13.5. The molecule has 2 aromatic heterocycles. The minimum absolute atomic E-state index is 0.466. The molecule has 3 aromatic rings. The lowest BCUT2D eigenvalue weighted by atomic mass is 10.1. The van der Waals surface area contributed by atoms with Gasteiger partial charge in [0.1, 0.15) is 0 Å². The van der Waals surface area contributed by atoms with E-state index in [2.05, 4.69) is 9.97 Å². The Kier molecular flexibility index (Phi) is 2.51. The Morgan fingerprint density at radius 1 is 1.11 bits per heavy atom. The van der Waals surface area contributed by atoms with E-state index in [9.17, 15) is 13.2 Å². The zero-order valence-electron chi connectivity index (χ0n) is 9.59. The number of hydrogen-bond donors (Lipinski definition) is 0. The molecule has 0 spiro atoms. The Labute approximate surface area is 106 Å². The van der Waals surface area contributed by atoms with E-state index in [1.807, 2.05) is 0 Å². The second-order valence-corrected chi connectivity index (χ2v) is 4.03. The number of halogens is 3. The smallest absolute Gasteiger partial charge is 0.297 e. The van der Waals surface area contributed by atoms with E-state index in [0.29, 0.717) is 16.9 Å². The van der Waals surface area contributed by atoms with E-state index in [4.69, 9.17) is 0 Å². The van der Waals surface area contributed by atoms with Crippen molar-refractivity contribution in [1.29, 1.82) is 0 Å². The molecular formula is C13H8F3N3. The number of alkyl halides is 3. The number of nitrogens with zero attached hydrogens (tertiary/aromatic N) is 3. The van der Waals surface area contributed by atoms with E-state index in [1.54, 1.807) is 29.1 Å². The summed E-state index contributed by atoms with van der Waals surface area (Å²) in [6.07, 6.45) is 1.96. The molecule has 2 heterocycles. The first-order valence-electron chi connectivity index (χ1n) is 5.50. The highest BCUT2D eigenvalue weighted by atomic mass is 19.4. The third kappa shape index (κ3) is 2.05. The van der Waals surface area contributed by atoms with Crippen molar-refractivity contribution in [3.05, 3.63) is 54.6 Å². The van der Waals surface area contributed by atoms with Gasteiger partial charge in [-0.1, -0.05) is 12.1 Å². The van der Waals surface area contributed by atoms with Gasteiger partial charge in [0.15, 0.2) is 5.65 Å². The standard InChI is InChI=1S/C13H8F3N3/c14-13(15,16)10-3-1-2-9(6-10)11-7-18-12-8-17-4-5-19(11)12/h1-8H. The van der Waals surface area contributed by atoms with Gasteiger partial charge in [0.2, 0.25) is 0 Å². The lowest BCUT2D eigenvalue weighted by Crippen LogP contribution is -2.04. The second-order valence-electron chi connectivity index (χ2n) is 4.03. The van der Waals surface area contributed by atoms with Crippen LogP contribution >= 0.6 is 0 Å². The Balaban J connectivity index is 2.17. The van der Waals surface area contributed by atoms with Crippen LogP contribution in [0, 0.1) is 0 Å². The van der Waals surface area contributed by atoms with Gasteiger partial charge in [0.05, 0.1) is 23.7 Å². The molecular weight excluding hydrogens is 255 g/mol. The summed E-state index contributed by atoms with van der Waals surface area (Å²) in [5, 5.41) is 0. The average Bonchev–Trinajstić information content (AvgIpc) is 2.82. The predicted molar refractivity (Wildman–Crippen MR) is 63.4 cm³/mol. The summed E-state index contributed by atoms with van der Waals surface area (Å²) < 4.78 is 39.8. The molecule has 1 aromatic carbocycles. The maximum atomic E-state index is 12.7. The Bertz CT molecular complexity index is 731. The monoisotopic (exact) mass is 263 g/mol. The predicted octanol–water partition coefficient (Wildman–Crippen LogP) is 3.42. The summed E-state index contributed by atoms with van der Waals surface area (Å²) in [7, 11) is 0. The molecule has 0 aliphatic carbocycles. The van der Waals surface area contributed by atoms with E-state index in [0.717, 1.165) is 12.1 Å². The molecule has 0 saturated carbocycles. The van der Waals surface area contributed by atoms with Crippen molar-refractivity contribution >= 4 is 5.65 Å². The molecule has 3 nitrogen and oxygen atoms in total. The molecule has 6 heteroatoms. The Morgan fingerprint density at radius 2 is 1.95 bits per heavy atom. The lowest BCUT2D eigenvalue weighted by Gasteiger charge is -2.08. The van der Waals surface area contributed by atoms with Crippen LogP contribution in [-0.2, 0) is 6.18 Å². The molecule has 96 valence electrons. The van der Waals surface area contributed by atoms with Crippen LogP contribution in [0.5, 0.6) is 0 Å². The van der Waals surface area contributed by atoms with Crippen LogP contribution in [0.4, 0.5) is 13.2 Å². The molecule has 0 amide bonds. The summed E-state index contributed by atoms with van der Waals surface area (Å²) in [5.74, 6) is 0. The van der Waals surface area contributed by atoms with Crippen LogP contribution in [0.15, 0.2) is 49.1 Å². The topological polar surface area (TPSA) is 30.2 Å². The second kappa shape index (κ2) is 4.08. The van der Waals surface area contributed by atoms with Gasteiger partial charge in [0, 0.05) is 18.0 Å². The largest absolute Gasteiger partial charge is 0.416 e. The van der Waals surface area contributed by atoms with Gasteiger partial charge in [-0.2, -0.15) is 13.2 Å². The highest BCUT2D eigenvalue weighted by Gasteiger charge is 2.30. The number of benzene rings is 1. The quantitative estimate of drug-likeness (QED) is 0.673. The number of imidazole rings is 1. The summed E-state index contributed by atoms with van der Waals surface area (Å²) in [6.45, 7) is 0. The van der Waals surface area contributed by atoms with E-state index >= 15 is 0 Å². The maximum absolute atomic E-state index is 12.7. The minimum Gasteiger partial charge on any atom is -0.297 e. The molecule has 19 heavy (non-hydrogen) atoms. The van der Waals surface area contributed by atoms with Crippen molar-refractivity contribution in [3.8, 4) is 11.3 Å². The van der Waals surface area contributed by atoms with Gasteiger partial charge in [0.25, 0.3) is 0 Å². The number of hydrogen-bond acceptors (Lipinski definition) is 2. The molecule has 0 unspecified atom stereocenters. The number of fused-ring (bicyclic) bond motifs is 1. The lowest BCUT2D eigenvalue weighted by molar-refractivity contribution is -0.137. The first-order valence-corrected chi connectivity index (χ1v) is 5.50. The van der Waals surface area contributed by atoms with Crippen LogP contribution in [-0.4, -0.2) is 14.4 Å². The SMILES string of the molecule is FC(F)(F)c1cccc(-c2cnc3cnccn23)c1. The third-order valence-electron chi connectivity index (χ3n) is 2.80. The van der Waals surface area contributed by atoms with Crippen molar-refractivity contribution in [1.82, 2.24) is 14.4 Å². The highest BCUT2D eigenvalue weighted by molar-refractivity contribution is 5.64. The first-order chi connectivity index (χ1) is 9.05. The van der Waals surface area contributed by atoms with Crippen LogP contribution in [0.2, 0.25) is 0 Å². The van der Waals surface area contributed by atoms with Crippen molar-refractivity contribution in [2.75, 3.05) is 0 Å². The fourth-order valence-corrected chi connectivity index (χ4v) is 1.91. The third-order valence-corrected chi connectivity index (χ3v) is 2.80. The summed E-state index contributed by atoms with van der Waals surface area (Å²) in [6, 6.07) is 5.18. The summed E-state index contributed by atoms with van der Waals surface area (Å²) in [4.78, 5) is 8.02. The maximum Gasteiger partial charge on any atom is 0.416 e. The van der Waals surface area contributed by atoms with Crippen LogP contribution in [0.3, 0.4) is 0 Å². The number of rotatable bonds is 1. The van der Waals surface area contributed by atoms with Gasteiger partial charge in [-0.15, -0.1) is 0 Å². The van der Waals surface area contributed by atoms with E-state index < -0.39 is 11.7 Å². The number of aromatic nitrogens is 3. The van der Waals surface area contributed by atoms with E-state index in [1.165, 1.54) is 12.3 Å². The summed E-state index contributed by atoms with van der Waals surface area (Å²) in [5.41, 5.74) is 0.987. The molecule has 0 atom stereocenters. The van der Waals surface area contributed by atoms with Gasteiger partial charge in [-0.05, 0) is 12.1 Å². The molecule has 0 aliphatic rings. The Morgan fingerprint density at radius 3 is 2.74 bits per heavy atom. The van der Waals surface area contributed by atoms with Crippen molar-refractivity contribution in [3.63, 3.8) is 0 Å². The zero-order valence-corrected chi connectivity index (χ0v) is 9.59. The normalized spacial score (nSPS) is 11.9. The Hall–Kier alpha value is -2.37. The van der Waals surface area contributed by atoms with Crippen molar-refractivity contribution in [2.24, 2.45) is 0 Å². The molecule has 0 N–H and O–H groups in total. The highest BCUT2D eigenvalue weighted by Crippen LogP contribution is 2.32. The fraction of sp³-hybridized carbons (Fsp3) is 0.0769.